The Bertz CT molecular complexity index is 995. The van der Waals surface area contributed by atoms with Crippen molar-refractivity contribution in [1.29, 1.82) is 0 Å². The molecule has 7 nitrogen and oxygen atoms in total. The highest BCUT2D eigenvalue weighted by Gasteiger charge is 2.30. The van der Waals surface area contributed by atoms with Gasteiger partial charge in [0.15, 0.2) is 9.84 Å². The zero-order valence-electron chi connectivity index (χ0n) is 14.8. The molecule has 8 heteroatoms. The molecule has 0 unspecified atom stereocenters. The molecular formula is C19H20N2O5S. The summed E-state index contributed by atoms with van der Waals surface area (Å²) in [6.07, 6.45) is 3.14. The van der Waals surface area contributed by atoms with Crippen LogP contribution in [0.1, 0.15) is 41.6 Å². The molecule has 0 aliphatic heterocycles. The van der Waals surface area contributed by atoms with Gasteiger partial charge in [-0.25, -0.2) is 8.42 Å². The SMILES string of the molecule is Cc1ccc(C(=O)Nc2cccc(S(=O)(=O)C3CCCC3)c2)cc1[N+](=O)[O-]. The van der Waals surface area contributed by atoms with Crippen LogP contribution in [0.3, 0.4) is 0 Å². The Balaban J connectivity index is 1.83. The van der Waals surface area contributed by atoms with E-state index in [1.54, 1.807) is 19.1 Å². The Kier molecular flexibility index (Phi) is 5.27. The van der Waals surface area contributed by atoms with Crippen molar-refractivity contribution in [1.82, 2.24) is 0 Å². The lowest BCUT2D eigenvalue weighted by atomic mass is 10.1. The second kappa shape index (κ2) is 7.48. The maximum atomic E-state index is 12.7. The molecule has 0 bridgehead atoms. The van der Waals surface area contributed by atoms with Gasteiger partial charge in [-0.2, -0.15) is 0 Å². The van der Waals surface area contributed by atoms with E-state index in [0.29, 0.717) is 24.1 Å². The van der Waals surface area contributed by atoms with E-state index >= 15 is 0 Å². The number of benzene rings is 2. The number of sulfone groups is 1. The zero-order valence-corrected chi connectivity index (χ0v) is 15.7. The number of nitrogens with one attached hydrogen (secondary N) is 1. The normalized spacial score (nSPS) is 14.9. The fourth-order valence-electron chi connectivity index (χ4n) is 3.29. The first-order valence-electron chi connectivity index (χ1n) is 8.69. The molecule has 1 fully saturated rings. The van der Waals surface area contributed by atoms with Crippen LogP contribution in [-0.4, -0.2) is 24.5 Å². The van der Waals surface area contributed by atoms with Gasteiger partial charge in [-0.15, -0.1) is 0 Å². The van der Waals surface area contributed by atoms with Gasteiger partial charge in [-0.05, 0) is 44.0 Å². The highest BCUT2D eigenvalue weighted by atomic mass is 32.2. The smallest absolute Gasteiger partial charge is 0.273 e. The highest BCUT2D eigenvalue weighted by Crippen LogP contribution is 2.30. The summed E-state index contributed by atoms with van der Waals surface area (Å²) in [6, 6.07) is 10.4. The van der Waals surface area contributed by atoms with Crippen LogP contribution in [0.15, 0.2) is 47.4 Å². The minimum atomic E-state index is -3.43. The van der Waals surface area contributed by atoms with E-state index in [4.69, 9.17) is 0 Å². The van der Waals surface area contributed by atoms with Crippen molar-refractivity contribution >= 4 is 27.1 Å². The van der Waals surface area contributed by atoms with Gasteiger partial charge in [0.25, 0.3) is 11.6 Å². The van der Waals surface area contributed by atoms with Gasteiger partial charge in [-0.3, -0.25) is 14.9 Å². The summed E-state index contributed by atoms with van der Waals surface area (Å²) in [6.45, 7) is 1.59. The van der Waals surface area contributed by atoms with Crippen LogP contribution >= 0.6 is 0 Å². The van der Waals surface area contributed by atoms with E-state index in [0.717, 1.165) is 12.8 Å². The summed E-state index contributed by atoms with van der Waals surface area (Å²) in [7, 11) is -3.43. The summed E-state index contributed by atoms with van der Waals surface area (Å²) >= 11 is 0. The largest absolute Gasteiger partial charge is 0.322 e. The lowest BCUT2D eigenvalue weighted by molar-refractivity contribution is -0.385. The summed E-state index contributed by atoms with van der Waals surface area (Å²) in [5.41, 5.74) is 0.792. The number of rotatable bonds is 5. The lowest BCUT2D eigenvalue weighted by Crippen LogP contribution is -2.18. The quantitative estimate of drug-likeness (QED) is 0.618. The fourth-order valence-corrected chi connectivity index (χ4v) is 5.19. The summed E-state index contributed by atoms with van der Waals surface area (Å²) in [5.74, 6) is -0.534. The molecule has 1 N–H and O–H groups in total. The molecule has 3 rings (SSSR count). The molecule has 0 heterocycles. The molecule has 1 aliphatic carbocycles. The molecule has 1 aliphatic rings. The van der Waals surface area contributed by atoms with Crippen molar-refractivity contribution in [3.63, 3.8) is 0 Å². The van der Waals surface area contributed by atoms with Gasteiger partial charge in [0.2, 0.25) is 0 Å². The Morgan fingerprint density at radius 3 is 2.52 bits per heavy atom. The Morgan fingerprint density at radius 2 is 1.85 bits per heavy atom. The van der Waals surface area contributed by atoms with Crippen molar-refractivity contribution < 1.29 is 18.1 Å². The molecular weight excluding hydrogens is 368 g/mol. The molecule has 0 spiro atoms. The molecule has 0 saturated heterocycles. The van der Waals surface area contributed by atoms with Crippen LogP contribution in [-0.2, 0) is 9.84 Å². The van der Waals surface area contributed by atoms with E-state index in [-0.39, 0.29) is 21.4 Å². The van der Waals surface area contributed by atoms with Crippen LogP contribution in [0.25, 0.3) is 0 Å². The van der Waals surface area contributed by atoms with Gasteiger partial charge < -0.3 is 5.32 Å². The third kappa shape index (κ3) is 4.00. The van der Waals surface area contributed by atoms with Crippen LogP contribution in [0.2, 0.25) is 0 Å². The zero-order chi connectivity index (χ0) is 19.6. The van der Waals surface area contributed by atoms with E-state index in [1.165, 1.54) is 30.3 Å². The maximum absolute atomic E-state index is 12.7. The first kappa shape index (κ1) is 19.0. The van der Waals surface area contributed by atoms with Gasteiger partial charge in [0.05, 0.1) is 15.1 Å². The topological polar surface area (TPSA) is 106 Å². The number of nitro benzene ring substituents is 1. The Labute approximate surface area is 157 Å². The molecule has 0 aromatic heterocycles. The van der Waals surface area contributed by atoms with Crippen LogP contribution in [0, 0.1) is 17.0 Å². The third-order valence-corrected chi connectivity index (χ3v) is 7.09. The van der Waals surface area contributed by atoms with Gasteiger partial charge >= 0.3 is 0 Å². The maximum Gasteiger partial charge on any atom is 0.273 e. The first-order valence-corrected chi connectivity index (χ1v) is 10.2. The van der Waals surface area contributed by atoms with Crippen LogP contribution in [0.4, 0.5) is 11.4 Å². The van der Waals surface area contributed by atoms with Gasteiger partial charge in [0, 0.05) is 22.9 Å². The van der Waals surface area contributed by atoms with E-state index in [2.05, 4.69) is 5.32 Å². The lowest BCUT2D eigenvalue weighted by Gasteiger charge is -2.13. The van der Waals surface area contributed by atoms with Gasteiger partial charge in [0.1, 0.15) is 0 Å². The molecule has 2 aromatic carbocycles. The molecule has 142 valence electrons. The number of anilines is 1. The van der Waals surface area contributed by atoms with Crippen molar-refractivity contribution in [2.45, 2.75) is 42.8 Å². The van der Waals surface area contributed by atoms with E-state index in [9.17, 15) is 23.3 Å². The van der Waals surface area contributed by atoms with Gasteiger partial charge in [-0.1, -0.05) is 25.0 Å². The molecule has 0 atom stereocenters. The predicted molar refractivity (Wildman–Crippen MR) is 102 cm³/mol. The predicted octanol–water partition coefficient (Wildman–Crippen LogP) is 3.87. The minimum absolute atomic E-state index is 0.136. The van der Waals surface area contributed by atoms with Crippen molar-refractivity contribution in [3.8, 4) is 0 Å². The number of nitro groups is 1. The average molecular weight is 388 g/mol. The number of nitrogens with zero attached hydrogens (tertiary/aromatic N) is 1. The molecule has 2 aromatic rings. The highest BCUT2D eigenvalue weighted by molar-refractivity contribution is 7.92. The number of hydrogen-bond donors (Lipinski definition) is 1. The monoisotopic (exact) mass is 388 g/mol. The number of amides is 1. The second-order valence-corrected chi connectivity index (χ2v) is 8.92. The second-order valence-electron chi connectivity index (χ2n) is 6.69. The number of hydrogen-bond acceptors (Lipinski definition) is 5. The standard InChI is InChI=1S/C19H20N2O5S/c1-13-9-10-14(11-18(13)21(23)24)19(22)20-15-5-4-8-17(12-15)27(25,26)16-6-2-3-7-16/h4-5,8-12,16H,2-3,6-7H2,1H3,(H,20,22). The first-order chi connectivity index (χ1) is 12.8. The van der Waals surface area contributed by atoms with Crippen molar-refractivity contribution in [2.75, 3.05) is 5.32 Å². The number of carbonyl (C=O) groups excluding carboxylic acids is 1. The molecule has 1 amide bonds. The molecule has 1 saturated carbocycles. The summed E-state index contributed by atoms with van der Waals surface area (Å²) in [4.78, 5) is 23.1. The van der Waals surface area contributed by atoms with Crippen LogP contribution < -0.4 is 5.32 Å². The Hall–Kier alpha value is -2.74. The molecule has 27 heavy (non-hydrogen) atoms. The van der Waals surface area contributed by atoms with E-state index < -0.39 is 20.7 Å². The van der Waals surface area contributed by atoms with Crippen LogP contribution in [0.5, 0.6) is 0 Å². The summed E-state index contributed by atoms with van der Waals surface area (Å²) < 4.78 is 25.4. The fraction of sp³-hybridized carbons (Fsp3) is 0.316. The average Bonchev–Trinajstić information content (AvgIpc) is 3.17. The van der Waals surface area contributed by atoms with Crippen molar-refractivity contribution in [3.05, 3.63) is 63.7 Å². The minimum Gasteiger partial charge on any atom is -0.322 e. The third-order valence-electron chi connectivity index (χ3n) is 4.83. The Morgan fingerprint density at radius 1 is 1.15 bits per heavy atom. The molecule has 0 radical (unpaired) electrons. The number of aryl methyl sites for hydroxylation is 1. The summed E-state index contributed by atoms with van der Waals surface area (Å²) in [5, 5.41) is 13.3. The van der Waals surface area contributed by atoms with E-state index in [1.807, 2.05) is 0 Å². The van der Waals surface area contributed by atoms with Crippen molar-refractivity contribution in [2.24, 2.45) is 0 Å². The number of carbonyl (C=O) groups is 1.